The number of aromatic amines is 1. The second-order valence-corrected chi connectivity index (χ2v) is 5.54. The van der Waals surface area contributed by atoms with E-state index in [1.165, 1.54) is 4.57 Å². The van der Waals surface area contributed by atoms with Gasteiger partial charge in [-0.1, -0.05) is 6.92 Å². The van der Waals surface area contributed by atoms with Gasteiger partial charge in [0.15, 0.2) is 11.2 Å². The molecule has 0 aliphatic heterocycles. The minimum atomic E-state index is -0.447. The van der Waals surface area contributed by atoms with Crippen LogP contribution in [0.1, 0.15) is 37.7 Å². The third-order valence-electron chi connectivity index (χ3n) is 4.37. The number of fused-ring (bicyclic) bond motifs is 3. The van der Waals surface area contributed by atoms with E-state index < -0.39 is 11.2 Å². The number of rotatable bonds is 2. The maximum atomic E-state index is 12.2. The van der Waals surface area contributed by atoms with Crippen LogP contribution in [0.3, 0.4) is 0 Å². The predicted molar refractivity (Wildman–Crippen MR) is 81.0 cm³/mol. The molecule has 3 rings (SSSR count). The standard InChI is InChI=1S/C14H19N5O2/c1-6-7(2)18-8(3)9(4)19-10-11(15-13(18)19)17(5)14(21)16-12(10)20/h7H,6H2,1-5H3,(H,16,20,21)/t7-/m0/s1. The van der Waals surface area contributed by atoms with Crippen LogP contribution >= 0.6 is 0 Å². The normalized spacial score (nSPS) is 13.4. The summed E-state index contributed by atoms with van der Waals surface area (Å²) >= 11 is 0. The molecule has 0 unspecified atom stereocenters. The zero-order valence-corrected chi connectivity index (χ0v) is 12.9. The average Bonchev–Trinajstić information content (AvgIpc) is 2.93. The number of hydrogen-bond donors (Lipinski definition) is 1. The van der Waals surface area contributed by atoms with Gasteiger partial charge < -0.3 is 4.57 Å². The Kier molecular flexibility index (Phi) is 2.82. The molecule has 21 heavy (non-hydrogen) atoms. The molecule has 0 saturated heterocycles. The summed E-state index contributed by atoms with van der Waals surface area (Å²) in [6.45, 7) is 8.22. The van der Waals surface area contributed by atoms with Crippen LogP contribution in [0.2, 0.25) is 0 Å². The van der Waals surface area contributed by atoms with Gasteiger partial charge in [0.25, 0.3) is 5.56 Å². The van der Waals surface area contributed by atoms with Gasteiger partial charge in [-0.15, -0.1) is 0 Å². The summed E-state index contributed by atoms with van der Waals surface area (Å²) in [5, 5.41) is 0. The number of hydrogen-bond acceptors (Lipinski definition) is 3. The number of aromatic nitrogens is 5. The Morgan fingerprint density at radius 2 is 1.90 bits per heavy atom. The summed E-state index contributed by atoms with van der Waals surface area (Å²) in [4.78, 5) is 30.8. The highest BCUT2D eigenvalue weighted by Gasteiger charge is 2.22. The molecule has 0 saturated carbocycles. The first-order valence-electron chi connectivity index (χ1n) is 7.07. The molecule has 0 bridgehead atoms. The van der Waals surface area contributed by atoms with Crippen molar-refractivity contribution in [2.24, 2.45) is 7.05 Å². The summed E-state index contributed by atoms with van der Waals surface area (Å²) in [7, 11) is 1.61. The molecule has 0 aromatic carbocycles. The summed E-state index contributed by atoms with van der Waals surface area (Å²) in [5.41, 5.74) is 2.05. The highest BCUT2D eigenvalue weighted by atomic mass is 16.2. The topological polar surface area (TPSA) is 77.1 Å². The van der Waals surface area contributed by atoms with Crippen molar-refractivity contribution < 1.29 is 0 Å². The van der Waals surface area contributed by atoms with Crippen LogP contribution in [-0.4, -0.2) is 23.5 Å². The minimum Gasteiger partial charge on any atom is -0.311 e. The van der Waals surface area contributed by atoms with Gasteiger partial charge in [0, 0.05) is 24.5 Å². The fourth-order valence-electron chi connectivity index (χ4n) is 2.85. The molecule has 112 valence electrons. The van der Waals surface area contributed by atoms with E-state index in [1.807, 2.05) is 18.2 Å². The number of H-pyrrole nitrogens is 1. The smallest absolute Gasteiger partial charge is 0.311 e. The van der Waals surface area contributed by atoms with Gasteiger partial charge >= 0.3 is 5.69 Å². The van der Waals surface area contributed by atoms with E-state index in [4.69, 9.17) is 0 Å². The largest absolute Gasteiger partial charge is 0.329 e. The summed E-state index contributed by atoms with van der Waals surface area (Å²) in [6, 6.07) is 0.272. The van der Waals surface area contributed by atoms with E-state index in [2.05, 4.69) is 28.4 Å². The molecule has 0 radical (unpaired) electrons. The lowest BCUT2D eigenvalue weighted by atomic mass is 10.2. The van der Waals surface area contributed by atoms with E-state index in [0.717, 1.165) is 17.8 Å². The third-order valence-corrected chi connectivity index (χ3v) is 4.37. The lowest BCUT2D eigenvalue weighted by molar-refractivity contribution is 0.532. The Morgan fingerprint density at radius 1 is 1.24 bits per heavy atom. The first kappa shape index (κ1) is 13.7. The Bertz CT molecular complexity index is 969. The quantitative estimate of drug-likeness (QED) is 0.771. The number of nitrogens with zero attached hydrogens (tertiary/aromatic N) is 4. The van der Waals surface area contributed by atoms with Crippen LogP contribution in [0.4, 0.5) is 0 Å². The van der Waals surface area contributed by atoms with E-state index in [1.54, 1.807) is 7.05 Å². The molecule has 7 nitrogen and oxygen atoms in total. The van der Waals surface area contributed by atoms with Crippen LogP contribution in [-0.2, 0) is 7.05 Å². The van der Waals surface area contributed by atoms with Gasteiger partial charge in [0.05, 0.1) is 0 Å². The molecule has 3 aromatic rings. The van der Waals surface area contributed by atoms with Gasteiger partial charge in [-0.25, -0.2) is 4.79 Å². The third kappa shape index (κ3) is 1.63. The van der Waals surface area contributed by atoms with E-state index in [9.17, 15) is 9.59 Å². The molecule has 0 aliphatic rings. The van der Waals surface area contributed by atoms with Crippen LogP contribution in [0.5, 0.6) is 0 Å². The predicted octanol–water partition coefficient (Wildman–Crippen LogP) is 1.26. The second kappa shape index (κ2) is 4.34. The van der Waals surface area contributed by atoms with Crippen molar-refractivity contribution in [2.45, 2.75) is 40.2 Å². The summed E-state index contributed by atoms with van der Waals surface area (Å²) < 4.78 is 5.34. The van der Waals surface area contributed by atoms with Gasteiger partial charge in [0.2, 0.25) is 5.78 Å². The van der Waals surface area contributed by atoms with Crippen molar-refractivity contribution in [3.05, 3.63) is 32.2 Å². The molecular weight excluding hydrogens is 270 g/mol. The van der Waals surface area contributed by atoms with E-state index >= 15 is 0 Å². The van der Waals surface area contributed by atoms with Crippen molar-refractivity contribution in [3.8, 4) is 0 Å². The molecule has 0 aliphatic carbocycles. The van der Waals surface area contributed by atoms with Crippen molar-refractivity contribution in [1.82, 2.24) is 23.5 Å². The van der Waals surface area contributed by atoms with Gasteiger partial charge in [0.1, 0.15) is 0 Å². The first-order valence-corrected chi connectivity index (χ1v) is 7.07. The molecule has 3 heterocycles. The fourth-order valence-corrected chi connectivity index (χ4v) is 2.85. The number of imidazole rings is 2. The van der Waals surface area contributed by atoms with Gasteiger partial charge in [-0.05, 0) is 27.2 Å². The zero-order chi connectivity index (χ0) is 15.5. The lowest BCUT2D eigenvalue weighted by Gasteiger charge is -2.13. The van der Waals surface area contributed by atoms with Crippen molar-refractivity contribution in [1.29, 1.82) is 0 Å². The highest BCUT2D eigenvalue weighted by Crippen LogP contribution is 2.25. The molecule has 0 spiro atoms. The molecule has 1 N–H and O–H groups in total. The van der Waals surface area contributed by atoms with Crippen molar-refractivity contribution in [2.75, 3.05) is 0 Å². The maximum absolute atomic E-state index is 12.2. The van der Waals surface area contributed by atoms with Crippen LogP contribution in [0.15, 0.2) is 9.59 Å². The summed E-state index contributed by atoms with van der Waals surface area (Å²) in [6.07, 6.45) is 0.961. The fraction of sp³-hybridized carbons (Fsp3) is 0.500. The highest BCUT2D eigenvalue weighted by molar-refractivity contribution is 5.76. The number of aryl methyl sites for hydroxylation is 2. The minimum absolute atomic E-state index is 0.272. The average molecular weight is 289 g/mol. The second-order valence-electron chi connectivity index (χ2n) is 5.54. The summed E-state index contributed by atoms with van der Waals surface area (Å²) in [5.74, 6) is 0.709. The molecule has 7 heteroatoms. The molecule has 3 aromatic heterocycles. The first-order chi connectivity index (χ1) is 9.88. The Hall–Kier alpha value is -2.31. The Morgan fingerprint density at radius 3 is 2.52 bits per heavy atom. The van der Waals surface area contributed by atoms with Gasteiger partial charge in [-0.3, -0.25) is 18.7 Å². The molecule has 0 amide bonds. The zero-order valence-electron chi connectivity index (χ0n) is 12.9. The molecule has 1 atom stereocenters. The SMILES string of the molecule is CC[C@H](C)n1c(C)c(C)n2c3c(=O)[nH]c(=O)n(C)c3nc12. The van der Waals surface area contributed by atoms with Gasteiger partial charge in [-0.2, -0.15) is 4.98 Å². The Labute approximate surface area is 120 Å². The lowest BCUT2D eigenvalue weighted by Crippen LogP contribution is -2.28. The van der Waals surface area contributed by atoms with Crippen LogP contribution < -0.4 is 11.2 Å². The van der Waals surface area contributed by atoms with Crippen LogP contribution in [0.25, 0.3) is 16.9 Å². The van der Waals surface area contributed by atoms with Crippen molar-refractivity contribution >= 4 is 16.9 Å². The maximum Gasteiger partial charge on any atom is 0.329 e. The van der Waals surface area contributed by atoms with Crippen LogP contribution in [0, 0.1) is 13.8 Å². The number of nitrogens with one attached hydrogen (secondary N) is 1. The van der Waals surface area contributed by atoms with E-state index in [0.29, 0.717) is 16.9 Å². The van der Waals surface area contributed by atoms with E-state index in [-0.39, 0.29) is 6.04 Å². The molecular formula is C14H19N5O2. The Balaban J connectivity index is 2.61. The molecule has 0 fully saturated rings. The van der Waals surface area contributed by atoms with Crippen molar-refractivity contribution in [3.63, 3.8) is 0 Å². The monoisotopic (exact) mass is 289 g/mol.